The van der Waals surface area contributed by atoms with Gasteiger partial charge in [-0.15, -0.1) is 0 Å². The number of aromatic nitrogens is 2. The molecule has 18 heavy (non-hydrogen) atoms. The summed E-state index contributed by atoms with van der Waals surface area (Å²) in [6.45, 7) is 2.11. The van der Waals surface area contributed by atoms with Crippen molar-refractivity contribution in [3.8, 4) is 0 Å². The molecular weight excluding hydrogens is 245 g/mol. The fraction of sp³-hybridized carbons (Fsp3) is 0.727. The Morgan fingerprint density at radius 1 is 1.44 bits per heavy atom. The summed E-state index contributed by atoms with van der Waals surface area (Å²) in [7, 11) is 2.84. The molecule has 0 bridgehead atoms. The van der Waals surface area contributed by atoms with Gasteiger partial charge in [-0.25, -0.2) is 0 Å². The molecule has 0 fully saturated rings. The van der Waals surface area contributed by atoms with Crippen LogP contribution < -0.4 is 5.32 Å². The highest BCUT2D eigenvalue weighted by Crippen LogP contribution is 2.35. The SMILES string of the molecule is CN(C)C(c1cc2n(n1)CCCNC2)C(F)(F)F. The zero-order chi connectivity index (χ0) is 13.3. The minimum atomic E-state index is -4.31. The van der Waals surface area contributed by atoms with Gasteiger partial charge < -0.3 is 5.32 Å². The zero-order valence-corrected chi connectivity index (χ0v) is 10.5. The topological polar surface area (TPSA) is 33.1 Å². The summed E-state index contributed by atoms with van der Waals surface area (Å²) in [5.74, 6) is 0. The highest BCUT2D eigenvalue weighted by atomic mass is 19.4. The third-order valence-electron chi connectivity index (χ3n) is 3.02. The lowest BCUT2D eigenvalue weighted by atomic mass is 10.1. The fourth-order valence-electron chi connectivity index (χ4n) is 2.24. The van der Waals surface area contributed by atoms with Crippen molar-refractivity contribution in [1.82, 2.24) is 20.0 Å². The number of rotatable bonds is 2. The summed E-state index contributed by atoms with van der Waals surface area (Å²) in [4.78, 5) is 1.15. The van der Waals surface area contributed by atoms with E-state index >= 15 is 0 Å². The molecule has 0 amide bonds. The van der Waals surface area contributed by atoms with Crippen LogP contribution in [0.5, 0.6) is 0 Å². The van der Waals surface area contributed by atoms with E-state index in [4.69, 9.17) is 0 Å². The molecule has 0 radical (unpaired) electrons. The standard InChI is InChI=1S/C11H17F3N4/c1-17(2)10(11(12,13)14)9-6-8-7-15-4-3-5-18(8)16-9/h6,10,15H,3-5,7H2,1-2H3. The van der Waals surface area contributed by atoms with Gasteiger partial charge in [-0.1, -0.05) is 0 Å². The summed E-state index contributed by atoms with van der Waals surface area (Å²) in [5.41, 5.74) is 0.893. The van der Waals surface area contributed by atoms with E-state index in [1.807, 2.05) is 0 Å². The van der Waals surface area contributed by atoms with E-state index in [0.717, 1.165) is 23.6 Å². The summed E-state index contributed by atoms with van der Waals surface area (Å²) >= 11 is 0. The lowest BCUT2D eigenvalue weighted by Crippen LogP contribution is -2.33. The Morgan fingerprint density at radius 3 is 2.78 bits per heavy atom. The molecule has 1 aliphatic heterocycles. The van der Waals surface area contributed by atoms with Gasteiger partial charge in [-0.2, -0.15) is 18.3 Å². The number of nitrogens with one attached hydrogen (secondary N) is 1. The molecule has 4 nitrogen and oxygen atoms in total. The van der Waals surface area contributed by atoms with Crippen LogP contribution in [0.1, 0.15) is 23.9 Å². The third kappa shape index (κ3) is 2.67. The molecule has 1 aromatic rings. The number of nitrogens with zero attached hydrogens (tertiary/aromatic N) is 3. The molecule has 0 saturated carbocycles. The Morgan fingerprint density at radius 2 is 2.17 bits per heavy atom. The Labute approximate surface area is 104 Å². The van der Waals surface area contributed by atoms with Gasteiger partial charge in [0, 0.05) is 13.1 Å². The first-order valence-corrected chi connectivity index (χ1v) is 5.90. The van der Waals surface area contributed by atoms with Crippen molar-refractivity contribution < 1.29 is 13.2 Å². The van der Waals surface area contributed by atoms with Crippen molar-refractivity contribution in [3.05, 3.63) is 17.5 Å². The smallest absolute Gasteiger partial charge is 0.311 e. The molecule has 102 valence electrons. The summed E-state index contributed by atoms with van der Waals surface area (Å²) < 4.78 is 40.7. The highest BCUT2D eigenvalue weighted by Gasteiger charge is 2.44. The van der Waals surface area contributed by atoms with Crippen LogP contribution in [0.4, 0.5) is 13.2 Å². The zero-order valence-electron chi connectivity index (χ0n) is 10.5. The maximum atomic E-state index is 13.0. The molecule has 1 unspecified atom stereocenters. The van der Waals surface area contributed by atoms with Crippen molar-refractivity contribution >= 4 is 0 Å². The van der Waals surface area contributed by atoms with Crippen LogP contribution in [0.3, 0.4) is 0 Å². The van der Waals surface area contributed by atoms with Gasteiger partial charge in [0.05, 0.1) is 11.4 Å². The van der Waals surface area contributed by atoms with Crippen molar-refractivity contribution in [2.75, 3.05) is 20.6 Å². The van der Waals surface area contributed by atoms with Gasteiger partial charge in [0.1, 0.15) is 0 Å². The minimum Gasteiger partial charge on any atom is -0.311 e. The van der Waals surface area contributed by atoms with E-state index in [1.165, 1.54) is 14.1 Å². The number of halogens is 3. The first-order chi connectivity index (χ1) is 8.39. The second-order valence-corrected chi connectivity index (χ2v) is 4.72. The maximum absolute atomic E-state index is 13.0. The Kier molecular flexibility index (Phi) is 3.63. The fourth-order valence-corrected chi connectivity index (χ4v) is 2.24. The van der Waals surface area contributed by atoms with Gasteiger partial charge in [0.15, 0.2) is 6.04 Å². The van der Waals surface area contributed by atoms with Crippen LogP contribution in [0.2, 0.25) is 0 Å². The van der Waals surface area contributed by atoms with Crippen LogP contribution in [0, 0.1) is 0 Å². The molecule has 0 spiro atoms. The van der Waals surface area contributed by atoms with Crippen molar-refractivity contribution in [2.24, 2.45) is 0 Å². The molecule has 1 aliphatic rings. The molecular formula is C11H17F3N4. The van der Waals surface area contributed by atoms with Crippen LogP contribution in [0.25, 0.3) is 0 Å². The molecule has 1 atom stereocenters. The molecule has 7 heteroatoms. The van der Waals surface area contributed by atoms with Gasteiger partial charge in [-0.3, -0.25) is 9.58 Å². The lowest BCUT2D eigenvalue weighted by Gasteiger charge is -2.24. The van der Waals surface area contributed by atoms with E-state index in [1.54, 1.807) is 10.7 Å². The van der Waals surface area contributed by atoms with Gasteiger partial charge in [0.2, 0.25) is 0 Å². The number of hydrogen-bond acceptors (Lipinski definition) is 3. The molecule has 0 aromatic carbocycles. The predicted molar refractivity (Wildman–Crippen MR) is 61.0 cm³/mol. The van der Waals surface area contributed by atoms with Crippen molar-refractivity contribution in [1.29, 1.82) is 0 Å². The number of alkyl halides is 3. The molecule has 2 rings (SSSR count). The molecule has 1 N–H and O–H groups in total. The van der Waals surface area contributed by atoms with E-state index in [9.17, 15) is 13.2 Å². The van der Waals surface area contributed by atoms with Crippen molar-refractivity contribution in [3.63, 3.8) is 0 Å². The van der Waals surface area contributed by atoms with E-state index in [2.05, 4.69) is 10.4 Å². The quantitative estimate of drug-likeness (QED) is 0.877. The first-order valence-electron chi connectivity index (χ1n) is 5.90. The molecule has 2 heterocycles. The van der Waals surface area contributed by atoms with E-state index in [-0.39, 0.29) is 5.69 Å². The lowest BCUT2D eigenvalue weighted by molar-refractivity contribution is -0.180. The predicted octanol–water partition coefficient (Wildman–Crippen LogP) is 1.54. The van der Waals surface area contributed by atoms with Crippen LogP contribution in [-0.2, 0) is 13.1 Å². The normalized spacial score (nSPS) is 18.6. The minimum absolute atomic E-state index is 0.0752. The van der Waals surface area contributed by atoms with Crippen LogP contribution in [0.15, 0.2) is 6.07 Å². The summed E-state index contributed by atoms with van der Waals surface area (Å²) in [6.07, 6.45) is -3.43. The third-order valence-corrected chi connectivity index (χ3v) is 3.02. The van der Waals surface area contributed by atoms with E-state index < -0.39 is 12.2 Å². The number of hydrogen-bond donors (Lipinski definition) is 1. The van der Waals surface area contributed by atoms with Gasteiger partial charge in [0.25, 0.3) is 0 Å². The molecule has 0 saturated heterocycles. The Bertz CT molecular complexity index is 387. The Hall–Kier alpha value is -1.08. The second-order valence-electron chi connectivity index (χ2n) is 4.72. The Balaban J connectivity index is 2.32. The first kappa shape index (κ1) is 13.4. The van der Waals surface area contributed by atoms with Crippen molar-refractivity contribution in [2.45, 2.75) is 31.7 Å². The number of aryl methyl sites for hydroxylation is 1. The largest absolute Gasteiger partial charge is 0.409 e. The maximum Gasteiger partial charge on any atom is 0.409 e. The second kappa shape index (κ2) is 4.89. The highest BCUT2D eigenvalue weighted by molar-refractivity contribution is 5.16. The van der Waals surface area contributed by atoms with Crippen LogP contribution >= 0.6 is 0 Å². The number of fused-ring (bicyclic) bond motifs is 1. The molecule has 0 aliphatic carbocycles. The van der Waals surface area contributed by atoms with Gasteiger partial charge in [-0.05, 0) is 33.1 Å². The summed E-state index contributed by atoms with van der Waals surface area (Å²) in [5, 5.41) is 7.28. The molecule has 1 aromatic heterocycles. The van der Waals surface area contributed by atoms with Gasteiger partial charge >= 0.3 is 6.18 Å². The monoisotopic (exact) mass is 262 g/mol. The van der Waals surface area contributed by atoms with E-state index in [0.29, 0.717) is 13.1 Å². The summed E-state index contributed by atoms with van der Waals surface area (Å²) in [6, 6.07) is -0.0897. The average molecular weight is 262 g/mol. The van der Waals surface area contributed by atoms with Crippen LogP contribution in [-0.4, -0.2) is 41.5 Å². The average Bonchev–Trinajstić information content (AvgIpc) is 2.46.